The zero-order valence-electron chi connectivity index (χ0n) is 16.0. The van der Waals surface area contributed by atoms with Crippen molar-refractivity contribution < 1.29 is 9.53 Å². The smallest absolute Gasteiger partial charge is 0.272 e. The minimum atomic E-state index is 0.0293. The molecule has 3 atom stereocenters. The summed E-state index contributed by atoms with van der Waals surface area (Å²) in [5.41, 5.74) is 2.55. The fourth-order valence-electron chi connectivity index (χ4n) is 4.90. The summed E-state index contributed by atoms with van der Waals surface area (Å²) in [4.78, 5) is 21.8. The summed E-state index contributed by atoms with van der Waals surface area (Å²) in [6.07, 6.45) is 1.49. The highest BCUT2D eigenvalue weighted by Gasteiger charge is 2.47. The highest BCUT2D eigenvalue weighted by atomic mass is 16.5. The van der Waals surface area contributed by atoms with E-state index in [0.29, 0.717) is 29.2 Å². The summed E-state index contributed by atoms with van der Waals surface area (Å²) in [6.45, 7) is 2.54. The number of ether oxygens (including phenoxy) is 1. The zero-order chi connectivity index (χ0) is 19.3. The van der Waals surface area contributed by atoms with Crippen molar-refractivity contribution in [3.63, 3.8) is 0 Å². The van der Waals surface area contributed by atoms with Crippen LogP contribution in [0.4, 0.5) is 0 Å². The number of aromatic nitrogens is 3. The van der Waals surface area contributed by atoms with E-state index in [9.17, 15) is 4.79 Å². The van der Waals surface area contributed by atoms with Crippen LogP contribution >= 0.6 is 0 Å². The number of carbonyl (C=O) groups excluding carboxylic acids is 1. The molecule has 2 fully saturated rings. The average molecular weight is 377 g/mol. The Labute approximate surface area is 163 Å². The number of benzene rings is 1. The molecule has 1 amide bonds. The van der Waals surface area contributed by atoms with Crippen LogP contribution in [0, 0.1) is 11.8 Å². The Kier molecular flexibility index (Phi) is 4.05. The van der Waals surface area contributed by atoms with Gasteiger partial charge in [-0.3, -0.25) is 9.69 Å². The average Bonchev–Trinajstić information content (AvgIpc) is 3.41. The van der Waals surface area contributed by atoms with Crippen molar-refractivity contribution in [2.45, 2.75) is 6.04 Å². The normalized spacial score (nSPS) is 24.6. The van der Waals surface area contributed by atoms with Crippen molar-refractivity contribution in [3.05, 3.63) is 60.0 Å². The predicted octanol–water partition coefficient (Wildman–Crippen LogP) is 2.11. The van der Waals surface area contributed by atoms with E-state index in [-0.39, 0.29) is 5.91 Å². The van der Waals surface area contributed by atoms with Crippen LogP contribution in [0.2, 0.25) is 0 Å². The first-order valence-corrected chi connectivity index (χ1v) is 9.58. The molecule has 7 heteroatoms. The summed E-state index contributed by atoms with van der Waals surface area (Å²) in [5.74, 6) is 1.81. The summed E-state index contributed by atoms with van der Waals surface area (Å²) in [6, 6.07) is 14.2. The van der Waals surface area contributed by atoms with Crippen molar-refractivity contribution in [1.29, 1.82) is 0 Å². The molecule has 0 radical (unpaired) electrons. The van der Waals surface area contributed by atoms with Crippen LogP contribution in [0.1, 0.15) is 22.1 Å². The van der Waals surface area contributed by atoms with Gasteiger partial charge in [-0.1, -0.05) is 18.2 Å². The maximum atomic E-state index is 13.2. The number of likely N-dealkylation sites (tertiary alicyclic amines) is 2. The highest BCUT2D eigenvalue weighted by molar-refractivity contribution is 5.93. The second-order valence-electron chi connectivity index (χ2n) is 7.73. The van der Waals surface area contributed by atoms with Gasteiger partial charge in [0, 0.05) is 31.6 Å². The van der Waals surface area contributed by atoms with Gasteiger partial charge in [-0.2, -0.15) is 5.10 Å². The number of methoxy groups -OCH3 is 1. The molecule has 4 heterocycles. The summed E-state index contributed by atoms with van der Waals surface area (Å²) in [7, 11) is 3.86. The van der Waals surface area contributed by atoms with Crippen LogP contribution < -0.4 is 4.74 Å². The molecule has 0 N–H and O–H groups in total. The maximum absolute atomic E-state index is 13.2. The minimum absolute atomic E-state index is 0.0293. The number of pyridine rings is 1. The molecule has 2 aliphatic rings. The van der Waals surface area contributed by atoms with Gasteiger partial charge in [0.25, 0.3) is 5.91 Å². The molecule has 144 valence electrons. The first-order chi connectivity index (χ1) is 13.7. The molecule has 0 unspecified atom stereocenters. The lowest BCUT2D eigenvalue weighted by Gasteiger charge is -2.27. The molecular formula is C21H23N5O2. The molecule has 28 heavy (non-hydrogen) atoms. The molecule has 2 aromatic heterocycles. The van der Waals surface area contributed by atoms with Gasteiger partial charge < -0.3 is 9.64 Å². The second-order valence-corrected chi connectivity index (χ2v) is 7.73. The number of amides is 1. The first kappa shape index (κ1) is 17.2. The van der Waals surface area contributed by atoms with E-state index in [1.165, 1.54) is 11.9 Å². The Morgan fingerprint density at radius 2 is 1.93 bits per heavy atom. The predicted molar refractivity (Wildman–Crippen MR) is 104 cm³/mol. The fraction of sp³-hybridized carbons (Fsp3) is 0.381. The quantitative estimate of drug-likeness (QED) is 0.700. The molecular weight excluding hydrogens is 354 g/mol. The Hall–Kier alpha value is -2.93. The van der Waals surface area contributed by atoms with Crippen LogP contribution in [-0.2, 0) is 0 Å². The molecule has 0 saturated carbocycles. The standard InChI is InChI=1S/C21H23N5O2/c1-24-10-15-11-25(21(27)18-4-3-5-19-22-13-23-26(18)19)12-17(15)20(24)14-6-8-16(28-2)9-7-14/h3-9,13,15,17,20H,10-12H2,1-2H3/t15-,17+,20-/m0/s1. The van der Waals surface area contributed by atoms with E-state index >= 15 is 0 Å². The summed E-state index contributed by atoms with van der Waals surface area (Å²) in [5, 5.41) is 4.21. The lowest BCUT2D eigenvalue weighted by Crippen LogP contribution is -2.34. The third-order valence-corrected chi connectivity index (χ3v) is 6.16. The van der Waals surface area contributed by atoms with Gasteiger partial charge in [-0.25, -0.2) is 9.50 Å². The van der Waals surface area contributed by atoms with Crippen molar-refractivity contribution in [1.82, 2.24) is 24.4 Å². The number of carbonyl (C=O) groups is 1. The Bertz CT molecular complexity index is 1020. The Balaban J connectivity index is 1.40. The van der Waals surface area contributed by atoms with Gasteiger partial charge in [-0.05, 0) is 42.8 Å². The van der Waals surface area contributed by atoms with Gasteiger partial charge in [0.15, 0.2) is 5.65 Å². The molecule has 2 aliphatic heterocycles. The van der Waals surface area contributed by atoms with Crippen LogP contribution in [-0.4, -0.2) is 64.1 Å². The van der Waals surface area contributed by atoms with E-state index in [0.717, 1.165) is 25.4 Å². The van der Waals surface area contributed by atoms with E-state index in [1.54, 1.807) is 11.6 Å². The van der Waals surface area contributed by atoms with Gasteiger partial charge in [-0.15, -0.1) is 0 Å². The van der Waals surface area contributed by atoms with Crippen LogP contribution in [0.3, 0.4) is 0 Å². The number of hydrogen-bond donors (Lipinski definition) is 0. The molecule has 7 nitrogen and oxygen atoms in total. The number of fused-ring (bicyclic) bond motifs is 2. The van der Waals surface area contributed by atoms with Gasteiger partial charge in [0.1, 0.15) is 17.8 Å². The molecule has 0 aliphatic carbocycles. The fourth-order valence-corrected chi connectivity index (χ4v) is 4.90. The van der Waals surface area contributed by atoms with Crippen molar-refractivity contribution in [2.75, 3.05) is 33.8 Å². The van der Waals surface area contributed by atoms with E-state index < -0.39 is 0 Å². The highest BCUT2D eigenvalue weighted by Crippen LogP contribution is 2.44. The summed E-state index contributed by atoms with van der Waals surface area (Å²) < 4.78 is 6.92. The monoisotopic (exact) mass is 377 g/mol. The third kappa shape index (κ3) is 2.65. The molecule has 2 saturated heterocycles. The maximum Gasteiger partial charge on any atom is 0.272 e. The molecule has 0 spiro atoms. The molecule has 5 rings (SSSR count). The van der Waals surface area contributed by atoms with Crippen molar-refractivity contribution >= 4 is 11.6 Å². The van der Waals surface area contributed by atoms with Gasteiger partial charge >= 0.3 is 0 Å². The topological polar surface area (TPSA) is 63.0 Å². The third-order valence-electron chi connectivity index (χ3n) is 6.16. The van der Waals surface area contributed by atoms with E-state index in [2.05, 4.69) is 34.2 Å². The van der Waals surface area contributed by atoms with Crippen LogP contribution in [0.5, 0.6) is 5.75 Å². The number of rotatable bonds is 3. The summed E-state index contributed by atoms with van der Waals surface area (Å²) >= 11 is 0. The first-order valence-electron chi connectivity index (χ1n) is 9.58. The SMILES string of the molecule is COc1ccc([C@H]2[C@@H]3CN(C(=O)c4cccc5ncnn45)C[C@@H]3CN2C)cc1. The molecule has 1 aromatic carbocycles. The van der Waals surface area contributed by atoms with Crippen LogP contribution in [0.15, 0.2) is 48.8 Å². The largest absolute Gasteiger partial charge is 0.497 e. The van der Waals surface area contributed by atoms with Gasteiger partial charge in [0.2, 0.25) is 0 Å². The molecule has 3 aromatic rings. The van der Waals surface area contributed by atoms with E-state index in [4.69, 9.17) is 4.74 Å². The van der Waals surface area contributed by atoms with Gasteiger partial charge in [0.05, 0.1) is 7.11 Å². The lowest BCUT2D eigenvalue weighted by atomic mass is 9.89. The van der Waals surface area contributed by atoms with Crippen molar-refractivity contribution in [3.8, 4) is 5.75 Å². The Morgan fingerprint density at radius 3 is 2.71 bits per heavy atom. The van der Waals surface area contributed by atoms with Crippen LogP contribution in [0.25, 0.3) is 5.65 Å². The zero-order valence-corrected chi connectivity index (χ0v) is 16.0. The minimum Gasteiger partial charge on any atom is -0.497 e. The van der Waals surface area contributed by atoms with E-state index in [1.807, 2.05) is 35.2 Å². The second kappa shape index (κ2) is 6.60. The Morgan fingerprint density at radius 1 is 1.11 bits per heavy atom. The molecule has 0 bridgehead atoms. The number of nitrogens with zero attached hydrogens (tertiary/aromatic N) is 5. The number of hydrogen-bond acceptors (Lipinski definition) is 5. The lowest BCUT2D eigenvalue weighted by molar-refractivity contribution is 0.0759. The van der Waals surface area contributed by atoms with Crippen molar-refractivity contribution in [2.24, 2.45) is 11.8 Å².